The largest absolute Gasteiger partial charge is 0.327 e. The monoisotopic (exact) mass is 195 g/mol. The molecule has 2 aliphatic rings. The third-order valence-corrected chi connectivity index (χ3v) is 4.42. The molecule has 2 N–H and O–H groups in total. The van der Waals surface area contributed by atoms with Gasteiger partial charge in [-0.3, -0.25) is 0 Å². The Kier molecular flexibility index (Phi) is 3.48. The van der Waals surface area contributed by atoms with Crippen molar-refractivity contribution in [2.45, 2.75) is 64.3 Å². The van der Waals surface area contributed by atoms with E-state index in [1.807, 2.05) is 0 Å². The molecule has 0 aromatic rings. The second-order valence-corrected chi connectivity index (χ2v) is 5.73. The molecule has 0 saturated heterocycles. The van der Waals surface area contributed by atoms with Gasteiger partial charge in [0.1, 0.15) is 0 Å². The van der Waals surface area contributed by atoms with Gasteiger partial charge in [0.2, 0.25) is 0 Å². The van der Waals surface area contributed by atoms with Crippen molar-refractivity contribution >= 4 is 0 Å². The van der Waals surface area contributed by atoms with Crippen LogP contribution in [0, 0.1) is 17.8 Å². The Morgan fingerprint density at radius 1 is 1.14 bits per heavy atom. The van der Waals surface area contributed by atoms with E-state index < -0.39 is 0 Å². The lowest BCUT2D eigenvalue weighted by atomic mass is 9.89. The van der Waals surface area contributed by atoms with Gasteiger partial charge in [-0.15, -0.1) is 0 Å². The Bertz CT molecular complexity index is 172. The first kappa shape index (κ1) is 10.5. The Morgan fingerprint density at radius 2 is 1.86 bits per heavy atom. The van der Waals surface area contributed by atoms with Gasteiger partial charge >= 0.3 is 0 Å². The van der Waals surface area contributed by atoms with Gasteiger partial charge in [-0.25, -0.2) is 0 Å². The third-order valence-electron chi connectivity index (χ3n) is 4.42. The zero-order valence-corrected chi connectivity index (χ0v) is 9.54. The van der Waals surface area contributed by atoms with Crippen LogP contribution in [0.4, 0.5) is 0 Å². The standard InChI is InChI=1S/C13H25N/c1-10-6-7-12(8-10)13(14)9-11-4-2-3-5-11/h10-13H,2-9,14H2,1H3. The van der Waals surface area contributed by atoms with Crippen LogP contribution in [-0.4, -0.2) is 6.04 Å². The van der Waals surface area contributed by atoms with Crippen molar-refractivity contribution < 1.29 is 0 Å². The van der Waals surface area contributed by atoms with E-state index in [1.165, 1.54) is 51.4 Å². The second kappa shape index (κ2) is 4.65. The SMILES string of the molecule is CC1CCC(C(N)CC2CCCC2)C1. The fourth-order valence-electron chi connectivity index (χ4n) is 3.46. The van der Waals surface area contributed by atoms with E-state index in [4.69, 9.17) is 5.73 Å². The lowest BCUT2D eigenvalue weighted by Gasteiger charge is -2.22. The molecule has 2 fully saturated rings. The molecule has 2 rings (SSSR count). The summed E-state index contributed by atoms with van der Waals surface area (Å²) < 4.78 is 0. The van der Waals surface area contributed by atoms with E-state index in [-0.39, 0.29) is 0 Å². The molecule has 0 aromatic heterocycles. The Labute approximate surface area is 88.4 Å². The predicted octanol–water partition coefficient (Wildman–Crippen LogP) is 3.33. The van der Waals surface area contributed by atoms with Crippen molar-refractivity contribution in [1.82, 2.24) is 0 Å². The minimum absolute atomic E-state index is 0.517. The van der Waals surface area contributed by atoms with E-state index in [0.717, 1.165) is 17.8 Å². The Balaban J connectivity index is 1.74. The minimum Gasteiger partial charge on any atom is -0.327 e. The molecule has 0 spiro atoms. The molecule has 0 bridgehead atoms. The first-order valence-electron chi connectivity index (χ1n) is 6.51. The highest BCUT2D eigenvalue weighted by Gasteiger charge is 2.28. The highest BCUT2D eigenvalue weighted by atomic mass is 14.7. The summed E-state index contributed by atoms with van der Waals surface area (Å²) >= 11 is 0. The predicted molar refractivity (Wildman–Crippen MR) is 61.1 cm³/mol. The average Bonchev–Trinajstić information content (AvgIpc) is 2.75. The number of rotatable bonds is 3. The van der Waals surface area contributed by atoms with E-state index in [2.05, 4.69) is 6.92 Å². The zero-order valence-electron chi connectivity index (χ0n) is 9.54. The first-order valence-corrected chi connectivity index (χ1v) is 6.51. The maximum Gasteiger partial charge on any atom is 0.00699 e. The van der Waals surface area contributed by atoms with Crippen LogP contribution in [0.25, 0.3) is 0 Å². The summed E-state index contributed by atoms with van der Waals surface area (Å²) in [5.74, 6) is 2.76. The molecule has 0 amide bonds. The summed E-state index contributed by atoms with van der Waals surface area (Å²) in [5.41, 5.74) is 6.32. The van der Waals surface area contributed by atoms with Crippen LogP contribution in [0.5, 0.6) is 0 Å². The minimum atomic E-state index is 0.517. The lowest BCUT2D eigenvalue weighted by Crippen LogP contribution is -2.30. The van der Waals surface area contributed by atoms with Gasteiger partial charge in [0, 0.05) is 6.04 Å². The van der Waals surface area contributed by atoms with Gasteiger partial charge in [0.05, 0.1) is 0 Å². The first-order chi connectivity index (χ1) is 6.75. The highest BCUT2D eigenvalue weighted by molar-refractivity contribution is 4.83. The van der Waals surface area contributed by atoms with Gasteiger partial charge in [0.15, 0.2) is 0 Å². The van der Waals surface area contributed by atoms with E-state index in [9.17, 15) is 0 Å². The summed E-state index contributed by atoms with van der Waals surface area (Å²) in [7, 11) is 0. The quantitative estimate of drug-likeness (QED) is 0.734. The molecule has 0 aromatic carbocycles. The van der Waals surface area contributed by atoms with Crippen LogP contribution in [0.3, 0.4) is 0 Å². The Morgan fingerprint density at radius 3 is 2.43 bits per heavy atom. The van der Waals surface area contributed by atoms with Crippen LogP contribution in [0.15, 0.2) is 0 Å². The van der Waals surface area contributed by atoms with E-state index >= 15 is 0 Å². The summed E-state index contributed by atoms with van der Waals surface area (Å²) in [6.45, 7) is 2.38. The molecule has 82 valence electrons. The molecule has 3 unspecified atom stereocenters. The van der Waals surface area contributed by atoms with Crippen molar-refractivity contribution in [3.63, 3.8) is 0 Å². The summed E-state index contributed by atoms with van der Waals surface area (Å²) in [6, 6.07) is 0.517. The van der Waals surface area contributed by atoms with E-state index in [0.29, 0.717) is 6.04 Å². The van der Waals surface area contributed by atoms with Gasteiger partial charge in [-0.05, 0) is 37.0 Å². The Hall–Kier alpha value is -0.0400. The molecule has 0 aliphatic heterocycles. The molecular formula is C13H25N. The van der Waals surface area contributed by atoms with Crippen molar-refractivity contribution in [1.29, 1.82) is 0 Å². The summed E-state index contributed by atoms with van der Waals surface area (Å²) in [6.07, 6.45) is 11.4. The fourth-order valence-corrected chi connectivity index (χ4v) is 3.46. The molecular weight excluding hydrogens is 170 g/mol. The average molecular weight is 195 g/mol. The maximum absolute atomic E-state index is 6.32. The van der Waals surface area contributed by atoms with Crippen LogP contribution in [-0.2, 0) is 0 Å². The number of hydrogen-bond acceptors (Lipinski definition) is 1. The molecule has 2 saturated carbocycles. The molecule has 3 atom stereocenters. The van der Waals surface area contributed by atoms with Crippen LogP contribution in [0.1, 0.15) is 58.3 Å². The molecule has 0 radical (unpaired) electrons. The topological polar surface area (TPSA) is 26.0 Å². The van der Waals surface area contributed by atoms with Gasteiger partial charge < -0.3 is 5.73 Å². The fraction of sp³-hybridized carbons (Fsp3) is 1.00. The lowest BCUT2D eigenvalue weighted by molar-refractivity contribution is 0.341. The normalized spacial score (nSPS) is 36.4. The van der Waals surface area contributed by atoms with Crippen LogP contribution in [0.2, 0.25) is 0 Å². The number of nitrogens with two attached hydrogens (primary N) is 1. The van der Waals surface area contributed by atoms with Gasteiger partial charge in [-0.2, -0.15) is 0 Å². The van der Waals surface area contributed by atoms with Crippen molar-refractivity contribution in [3.05, 3.63) is 0 Å². The van der Waals surface area contributed by atoms with Crippen molar-refractivity contribution in [3.8, 4) is 0 Å². The summed E-state index contributed by atoms with van der Waals surface area (Å²) in [4.78, 5) is 0. The van der Waals surface area contributed by atoms with E-state index in [1.54, 1.807) is 0 Å². The highest BCUT2D eigenvalue weighted by Crippen LogP contribution is 2.36. The molecule has 2 aliphatic carbocycles. The van der Waals surface area contributed by atoms with Crippen molar-refractivity contribution in [2.75, 3.05) is 0 Å². The second-order valence-electron chi connectivity index (χ2n) is 5.73. The van der Waals surface area contributed by atoms with Crippen LogP contribution >= 0.6 is 0 Å². The van der Waals surface area contributed by atoms with Crippen LogP contribution < -0.4 is 5.73 Å². The third kappa shape index (κ3) is 2.50. The van der Waals surface area contributed by atoms with Crippen molar-refractivity contribution in [2.24, 2.45) is 23.5 Å². The summed E-state index contributed by atoms with van der Waals surface area (Å²) in [5, 5.41) is 0. The molecule has 0 heterocycles. The van der Waals surface area contributed by atoms with Gasteiger partial charge in [-0.1, -0.05) is 39.0 Å². The van der Waals surface area contributed by atoms with Gasteiger partial charge in [0.25, 0.3) is 0 Å². The maximum atomic E-state index is 6.32. The zero-order chi connectivity index (χ0) is 9.97. The number of hydrogen-bond donors (Lipinski definition) is 1. The molecule has 14 heavy (non-hydrogen) atoms. The smallest absolute Gasteiger partial charge is 0.00699 e. The molecule has 1 heteroatoms. The molecule has 1 nitrogen and oxygen atoms in total.